The molecule has 21 heavy (non-hydrogen) atoms. The number of nitriles is 1. The van der Waals surface area contributed by atoms with Gasteiger partial charge in [-0.2, -0.15) is 5.26 Å². The third-order valence-corrected chi connectivity index (χ3v) is 4.24. The van der Waals surface area contributed by atoms with Crippen LogP contribution in [0.4, 0.5) is 4.79 Å². The molecule has 0 bridgehead atoms. The van der Waals surface area contributed by atoms with Crippen LogP contribution in [0.25, 0.3) is 0 Å². The molecule has 0 radical (unpaired) electrons. The van der Waals surface area contributed by atoms with E-state index in [0.29, 0.717) is 0 Å². The zero-order valence-electron chi connectivity index (χ0n) is 11.6. The van der Waals surface area contributed by atoms with Gasteiger partial charge in [-0.3, -0.25) is 0 Å². The minimum atomic E-state index is -3.73. The Balaban J connectivity index is 2.64. The van der Waals surface area contributed by atoms with Crippen molar-refractivity contribution in [1.29, 1.82) is 5.26 Å². The second-order valence-corrected chi connectivity index (χ2v) is 6.45. The van der Waals surface area contributed by atoms with E-state index in [4.69, 9.17) is 16.9 Å². The first-order chi connectivity index (χ1) is 9.77. The average Bonchev–Trinajstić information content (AvgIpc) is 2.43. The zero-order valence-corrected chi connectivity index (χ0v) is 13.1. The van der Waals surface area contributed by atoms with E-state index in [2.05, 4.69) is 10.0 Å². The van der Waals surface area contributed by atoms with Gasteiger partial charge >= 0.3 is 6.03 Å². The lowest BCUT2D eigenvalue weighted by Crippen LogP contribution is -2.39. The van der Waals surface area contributed by atoms with Crippen molar-refractivity contribution in [2.45, 2.75) is 4.90 Å². The molecule has 0 aromatic heterocycles. The number of nitrogens with zero attached hydrogens (tertiary/aromatic N) is 2. The van der Waals surface area contributed by atoms with Gasteiger partial charge in [0.05, 0.1) is 15.5 Å². The number of carbonyl (C=O) groups excluding carboxylic acids is 1. The minimum Gasteiger partial charge on any atom is -0.337 e. The highest BCUT2D eigenvalue weighted by Gasteiger charge is 2.15. The average molecular weight is 331 g/mol. The van der Waals surface area contributed by atoms with Gasteiger partial charge in [-0.1, -0.05) is 11.6 Å². The molecule has 0 saturated carbocycles. The Kier molecular flexibility index (Phi) is 5.96. The first-order valence-corrected chi connectivity index (χ1v) is 7.78. The molecule has 0 aliphatic carbocycles. The molecule has 0 unspecified atom stereocenters. The summed E-state index contributed by atoms with van der Waals surface area (Å²) < 4.78 is 26.3. The fraction of sp³-hybridized carbons (Fsp3) is 0.333. The summed E-state index contributed by atoms with van der Waals surface area (Å²) in [4.78, 5) is 12.5. The van der Waals surface area contributed by atoms with Crippen molar-refractivity contribution in [3.05, 3.63) is 28.8 Å². The third-order valence-electron chi connectivity index (χ3n) is 2.47. The van der Waals surface area contributed by atoms with Crippen LogP contribution in [-0.4, -0.2) is 46.5 Å². The van der Waals surface area contributed by atoms with Crippen LogP contribution in [0.1, 0.15) is 5.56 Å². The van der Waals surface area contributed by atoms with Gasteiger partial charge in [0.25, 0.3) is 0 Å². The van der Waals surface area contributed by atoms with Crippen molar-refractivity contribution >= 4 is 27.7 Å². The maximum absolute atomic E-state index is 12.0. The van der Waals surface area contributed by atoms with Gasteiger partial charge in [-0.15, -0.1) is 0 Å². The van der Waals surface area contributed by atoms with Gasteiger partial charge in [0.1, 0.15) is 6.07 Å². The summed E-state index contributed by atoms with van der Waals surface area (Å²) in [6.45, 7) is 0.194. The highest BCUT2D eigenvalue weighted by atomic mass is 35.5. The SMILES string of the molecule is CN(C)C(=O)NCCNS(=O)(=O)c1ccc(C#N)c(Cl)c1. The lowest BCUT2D eigenvalue weighted by Gasteiger charge is -2.12. The second-order valence-electron chi connectivity index (χ2n) is 4.28. The highest BCUT2D eigenvalue weighted by molar-refractivity contribution is 7.89. The van der Waals surface area contributed by atoms with Crippen LogP contribution in [0.2, 0.25) is 5.02 Å². The van der Waals surface area contributed by atoms with Crippen molar-refractivity contribution in [2.24, 2.45) is 0 Å². The Morgan fingerprint density at radius 2 is 2.05 bits per heavy atom. The quantitative estimate of drug-likeness (QED) is 0.778. The number of carbonyl (C=O) groups is 1. The maximum atomic E-state index is 12.0. The molecule has 114 valence electrons. The molecule has 2 amide bonds. The van der Waals surface area contributed by atoms with E-state index in [0.717, 1.165) is 0 Å². The van der Waals surface area contributed by atoms with Crippen LogP contribution < -0.4 is 10.0 Å². The number of halogens is 1. The normalized spacial score (nSPS) is 10.8. The maximum Gasteiger partial charge on any atom is 0.316 e. The summed E-state index contributed by atoms with van der Waals surface area (Å²) in [5.41, 5.74) is 0.203. The Morgan fingerprint density at radius 1 is 1.38 bits per heavy atom. The highest BCUT2D eigenvalue weighted by Crippen LogP contribution is 2.19. The molecule has 1 aromatic rings. The first kappa shape index (κ1) is 17.2. The van der Waals surface area contributed by atoms with Gasteiger partial charge in [0, 0.05) is 27.2 Å². The van der Waals surface area contributed by atoms with E-state index in [-0.39, 0.29) is 34.6 Å². The van der Waals surface area contributed by atoms with Crippen LogP contribution in [0.3, 0.4) is 0 Å². The van der Waals surface area contributed by atoms with Crippen molar-refractivity contribution in [3.8, 4) is 6.07 Å². The van der Waals surface area contributed by atoms with E-state index >= 15 is 0 Å². The molecule has 1 aromatic carbocycles. The summed E-state index contributed by atoms with van der Waals surface area (Å²) in [6.07, 6.45) is 0. The van der Waals surface area contributed by atoms with Gasteiger partial charge in [0.15, 0.2) is 0 Å². The molecule has 9 heteroatoms. The van der Waals surface area contributed by atoms with Crippen molar-refractivity contribution in [1.82, 2.24) is 14.9 Å². The van der Waals surface area contributed by atoms with Crippen LogP contribution in [0, 0.1) is 11.3 Å². The Labute approximate surface area is 128 Å². The van der Waals surface area contributed by atoms with E-state index < -0.39 is 10.0 Å². The fourth-order valence-electron chi connectivity index (χ4n) is 1.35. The van der Waals surface area contributed by atoms with E-state index in [9.17, 15) is 13.2 Å². The summed E-state index contributed by atoms with van der Waals surface area (Å²) in [5.74, 6) is 0. The van der Waals surface area contributed by atoms with Crippen molar-refractivity contribution in [2.75, 3.05) is 27.2 Å². The first-order valence-electron chi connectivity index (χ1n) is 5.92. The number of amides is 2. The molecule has 7 nitrogen and oxygen atoms in total. The molecule has 2 N–H and O–H groups in total. The number of benzene rings is 1. The fourth-order valence-corrected chi connectivity index (χ4v) is 2.70. The number of hydrogen-bond donors (Lipinski definition) is 2. The number of hydrogen-bond acceptors (Lipinski definition) is 4. The predicted octanol–water partition coefficient (Wildman–Crippen LogP) is 0.761. The molecular weight excluding hydrogens is 316 g/mol. The number of rotatable bonds is 5. The molecule has 1 rings (SSSR count). The Hall–Kier alpha value is -1.82. The molecular formula is C12H15ClN4O3S. The number of nitrogens with one attached hydrogen (secondary N) is 2. The third kappa shape index (κ3) is 4.90. The lowest BCUT2D eigenvalue weighted by atomic mass is 10.2. The van der Waals surface area contributed by atoms with Crippen LogP contribution in [0.5, 0.6) is 0 Å². The number of urea groups is 1. The number of sulfonamides is 1. The molecule has 0 heterocycles. The predicted molar refractivity (Wildman–Crippen MR) is 78.4 cm³/mol. The lowest BCUT2D eigenvalue weighted by molar-refractivity contribution is 0.217. The summed E-state index contributed by atoms with van der Waals surface area (Å²) in [7, 11) is -0.572. The van der Waals surface area contributed by atoms with E-state index in [1.165, 1.54) is 23.1 Å². The van der Waals surface area contributed by atoms with Gasteiger partial charge in [0.2, 0.25) is 10.0 Å². The topological polar surface area (TPSA) is 102 Å². The zero-order chi connectivity index (χ0) is 16.0. The molecule has 0 saturated heterocycles. The molecule has 0 atom stereocenters. The van der Waals surface area contributed by atoms with Crippen LogP contribution >= 0.6 is 11.6 Å². The van der Waals surface area contributed by atoms with E-state index in [1.807, 2.05) is 6.07 Å². The monoisotopic (exact) mass is 330 g/mol. The van der Waals surface area contributed by atoms with E-state index in [1.54, 1.807) is 14.1 Å². The Morgan fingerprint density at radius 3 is 2.57 bits per heavy atom. The standard InChI is InChI=1S/C12H15ClN4O3S/c1-17(2)12(18)15-5-6-16-21(19,20)10-4-3-9(8-14)11(13)7-10/h3-4,7,16H,5-6H2,1-2H3,(H,15,18). The van der Waals surface area contributed by atoms with Crippen LogP contribution in [-0.2, 0) is 10.0 Å². The minimum absolute atomic E-state index is 0.0366. The van der Waals surface area contributed by atoms with Crippen molar-refractivity contribution < 1.29 is 13.2 Å². The van der Waals surface area contributed by atoms with Gasteiger partial charge < -0.3 is 10.2 Å². The smallest absolute Gasteiger partial charge is 0.316 e. The molecule has 0 aliphatic heterocycles. The van der Waals surface area contributed by atoms with Gasteiger partial charge in [-0.25, -0.2) is 17.9 Å². The van der Waals surface area contributed by atoms with Crippen molar-refractivity contribution in [3.63, 3.8) is 0 Å². The molecule has 0 aliphatic rings. The summed E-state index contributed by atoms with van der Waals surface area (Å²) in [5, 5.41) is 11.3. The summed E-state index contributed by atoms with van der Waals surface area (Å²) >= 11 is 5.80. The second kappa shape index (κ2) is 7.26. The van der Waals surface area contributed by atoms with Crippen LogP contribution in [0.15, 0.2) is 23.1 Å². The Bertz CT molecular complexity index is 668. The molecule has 0 spiro atoms. The largest absolute Gasteiger partial charge is 0.337 e. The summed E-state index contributed by atoms with van der Waals surface area (Å²) in [6, 6.07) is 5.38. The molecule has 0 fully saturated rings. The van der Waals surface area contributed by atoms with Gasteiger partial charge in [-0.05, 0) is 18.2 Å².